The molecule has 0 aliphatic heterocycles. The van der Waals surface area contributed by atoms with E-state index < -0.39 is 11.8 Å². The first-order chi connectivity index (χ1) is 15.1. The Morgan fingerprint density at radius 2 is 1.61 bits per heavy atom. The SMILES string of the molecule is Nc1nccnc1C(=O)NNC(=O)c1ccc(Cn2nnc(-c3ccccc3)n2)cc1. The molecule has 4 aromatic rings. The predicted molar refractivity (Wildman–Crippen MR) is 110 cm³/mol. The first kappa shape index (κ1) is 19.6. The summed E-state index contributed by atoms with van der Waals surface area (Å²) in [6.07, 6.45) is 2.70. The number of hydrogen-bond acceptors (Lipinski definition) is 8. The van der Waals surface area contributed by atoms with Crippen LogP contribution in [0.1, 0.15) is 26.4 Å². The van der Waals surface area contributed by atoms with Gasteiger partial charge in [0.15, 0.2) is 11.5 Å². The fourth-order valence-electron chi connectivity index (χ4n) is 2.71. The average Bonchev–Trinajstić information content (AvgIpc) is 3.27. The molecule has 0 fully saturated rings. The number of benzene rings is 2. The van der Waals surface area contributed by atoms with Crippen molar-refractivity contribution in [2.24, 2.45) is 0 Å². The fraction of sp³-hybridized carbons (Fsp3) is 0.0500. The van der Waals surface area contributed by atoms with Gasteiger partial charge in [-0.15, -0.1) is 10.2 Å². The van der Waals surface area contributed by atoms with Crippen LogP contribution < -0.4 is 16.6 Å². The number of carbonyl (C=O) groups excluding carboxylic acids is 2. The lowest BCUT2D eigenvalue weighted by atomic mass is 10.1. The molecular weight excluding hydrogens is 398 g/mol. The zero-order valence-corrected chi connectivity index (χ0v) is 16.1. The maximum Gasteiger partial charge on any atom is 0.292 e. The van der Waals surface area contributed by atoms with Gasteiger partial charge in [-0.2, -0.15) is 4.80 Å². The van der Waals surface area contributed by atoms with E-state index in [4.69, 9.17) is 5.73 Å². The lowest BCUT2D eigenvalue weighted by Gasteiger charge is -2.08. The summed E-state index contributed by atoms with van der Waals surface area (Å²) in [6.45, 7) is 0.393. The van der Waals surface area contributed by atoms with E-state index in [9.17, 15) is 9.59 Å². The van der Waals surface area contributed by atoms with Crippen molar-refractivity contribution in [3.8, 4) is 11.4 Å². The quantitative estimate of drug-likeness (QED) is 0.405. The highest BCUT2D eigenvalue weighted by Gasteiger charge is 2.13. The van der Waals surface area contributed by atoms with Crippen molar-refractivity contribution in [1.82, 2.24) is 41.0 Å². The van der Waals surface area contributed by atoms with Crippen LogP contribution >= 0.6 is 0 Å². The summed E-state index contributed by atoms with van der Waals surface area (Å²) in [5.41, 5.74) is 12.2. The van der Waals surface area contributed by atoms with Gasteiger partial charge in [-0.25, -0.2) is 9.97 Å². The monoisotopic (exact) mass is 415 g/mol. The Balaban J connectivity index is 1.35. The van der Waals surface area contributed by atoms with E-state index in [-0.39, 0.29) is 11.5 Å². The fourth-order valence-corrected chi connectivity index (χ4v) is 2.71. The van der Waals surface area contributed by atoms with Crippen molar-refractivity contribution in [3.05, 3.63) is 83.8 Å². The van der Waals surface area contributed by atoms with Crippen LogP contribution in [0, 0.1) is 0 Å². The normalized spacial score (nSPS) is 10.5. The van der Waals surface area contributed by atoms with Crippen LogP contribution in [0.5, 0.6) is 0 Å². The smallest absolute Gasteiger partial charge is 0.292 e. The number of hydrogen-bond donors (Lipinski definition) is 3. The zero-order chi connectivity index (χ0) is 21.6. The van der Waals surface area contributed by atoms with Gasteiger partial charge in [-0.1, -0.05) is 42.5 Å². The van der Waals surface area contributed by atoms with Gasteiger partial charge in [0.2, 0.25) is 5.82 Å². The average molecular weight is 415 g/mol. The second-order valence-electron chi connectivity index (χ2n) is 6.40. The van der Waals surface area contributed by atoms with Crippen molar-refractivity contribution in [2.45, 2.75) is 6.54 Å². The number of nitrogens with zero attached hydrogens (tertiary/aromatic N) is 6. The minimum Gasteiger partial charge on any atom is -0.382 e. The maximum atomic E-state index is 12.3. The van der Waals surface area contributed by atoms with Gasteiger partial charge in [0.25, 0.3) is 11.8 Å². The molecule has 0 saturated heterocycles. The molecule has 2 aromatic heterocycles. The minimum atomic E-state index is -0.665. The number of carbonyl (C=O) groups is 2. The highest BCUT2D eigenvalue weighted by Crippen LogP contribution is 2.12. The minimum absolute atomic E-state index is 0.0317. The third-order valence-corrected chi connectivity index (χ3v) is 4.26. The van der Waals surface area contributed by atoms with Gasteiger partial charge in [0, 0.05) is 23.5 Å². The van der Waals surface area contributed by atoms with Crippen molar-refractivity contribution < 1.29 is 9.59 Å². The predicted octanol–water partition coefficient (Wildman–Crippen LogP) is 0.835. The zero-order valence-electron chi connectivity index (χ0n) is 16.1. The third kappa shape index (κ3) is 4.67. The summed E-state index contributed by atoms with van der Waals surface area (Å²) in [7, 11) is 0. The lowest BCUT2D eigenvalue weighted by Crippen LogP contribution is -2.42. The van der Waals surface area contributed by atoms with Crippen LogP contribution in [-0.4, -0.2) is 42.0 Å². The number of anilines is 1. The van der Waals surface area contributed by atoms with Gasteiger partial charge in [0.1, 0.15) is 0 Å². The Labute approximate surface area is 176 Å². The molecule has 31 heavy (non-hydrogen) atoms. The molecule has 2 aromatic carbocycles. The van der Waals surface area contributed by atoms with E-state index in [1.807, 2.05) is 30.3 Å². The molecule has 11 heteroatoms. The Morgan fingerprint density at radius 3 is 2.35 bits per heavy atom. The molecule has 0 aliphatic rings. The Hall–Kier alpha value is -4.67. The Morgan fingerprint density at radius 1 is 0.903 bits per heavy atom. The first-order valence-electron chi connectivity index (χ1n) is 9.19. The number of nitrogen functional groups attached to an aromatic ring is 1. The van der Waals surface area contributed by atoms with E-state index in [1.165, 1.54) is 17.2 Å². The summed E-state index contributed by atoms with van der Waals surface area (Å²) in [6, 6.07) is 16.3. The summed E-state index contributed by atoms with van der Waals surface area (Å²) >= 11 is 0. The molecule has 0 atom stereocenters. The second kappa shape index (κ2) is 8.78. The summed E-state index contributed by atoms with van der Waals surface area (Å²) in [4.78, 5) is 33.4. The highest BCUT2D eigenvalue weighted by molar-refractivity contribution is 6.00. The van der Waals surface area contributed by atoms with Gasteiger partial charge < -0.3 is 5.73 Å². The van der Waals surface area contributed by atoms with E-state index in [0.29, 0.717) is 17.9 Å². The van der Waals surface area contributed by atoms with Gasteiger partial charge in [0.05, 0.1) is 6.54 Å². The molecule has 0 bridgehead atoms. The molecule has 0 saturated carbocycles. The van der Waals surface area contributed by atoms with Crippen LogP contribution in [-0.2, 0) is 6.54 Å². The van der Waals surface area contributed by atoms with Crippen molar-refractivity contribution in [1.29, 1.82) is 0 Å². The van der Waals surface area contributed by atoms with Gasteiger partial charge >= 0.3 is 0 Å². The first-order valence-corrected chi connectivity index (χ1v) is 9.19. The number of aromatic nitrogens is 6. The van der Waals surface area contributed by atoms with Crippen molar-refractivity contribution >= 4 is 17.6 Å². The number of rotatable bonds is 5. The van der Waals surface area contributed by atoms with Crippen LogP contribution in [0.3, 0.4) is 0 Å². The summed E-state index contributed by atoms with van der Waals surface area (Å²) in [5.74, 6) is -0.651. The number of nitrogens with one attached hydrogen (secondary N) is 2. The second-order valence-corrected chi connectivity index (χ2v) is 6.40. The van der Waals surface area contributed by atoms with Crippen molar-refractivity contribution in [3.63, 3.8) is 0 Å². The maximum absolute atomic E-state index is 12.3. The lowest BCUT2D eigenvalue weighted by molar-refractivity contribution is 0.0844. The van der Waals surface area contributed by atoms with E-state index >= 15 is 0 Å². The highest BCUT2D eigenvalue weighted by atomic mass is 16.2. The molecule has 154 valence electrons. The van der Waals surface area contributed by atoms with Crippen LogP contribution in [0.4, 0.5) is 5.82 Å². The molecule has 0 unspecified atom stereocenters. The molecular formula is C20H17N9O2. The molecule has 0 aliphatic carbocycles. The molecule has 0 radical (unpaired) electrons. The molecule has 4 N–H and O–H groups in total. The largest absolute Gasteiger partial charge is 0.382 e. The Kier molecular flexibility index (Phi) is 5.56. The van der Waals surface area contributed by atoms with Crippen molar-refractivity contribution in [2.75, 3.05) is 5.73 Å². The van der Waals surface area contributed by atoms with Crippen LogP contribution in [0.2, 0.25) is 0 Å². The van der Waals surface area contributed by atoms with Crippen LogP contribution in [0.15, 0.2) is 67.0 Å². The standard InChI is InChI=1S/C20H17N9O2/c21-17-16(22-10-11-23-17)20(31)26-25-19(30)15-8-6-13(7-9-15)12-29-27-18(24-28-29)14-4-2-1-3-5-14/h1-11H,12H2,(H2,21,23)(H,25,30)(H,26,31). The summed E-state index contributed by atoms with van der Waals surface area (Å²) < 4.78 is 0. The number of hydrazine groups is 1. The van der Waals surface area contributed by atoms with Crippen LogP contribution in [0.25, 0.3) is 11.4 Å². The molecule has 11 nitrogen and oxygen atoms in total. The number of tetrazole rings is 1. The number of nitrogens with two attached hydrogens (primary N) is 1. The molecule has 4 rings (SSSR count). The van der Waals surface area contributed by atoms with Gasteiger partial charge in [-0.3, -0.25) is 20.4 Å². The van der Waals surface area contributed by atoms with E-state index in [2.05, 4.69) is 36.2 Å². The molecule has 2 heterocycles. The summed E-state index contributed by atoms with van der Waals surface area (Å²) in [5, 5.41) is 12.5. The molecule has 0 spiro atoms. The third-order valence-electron chi connectivity index (χ3n) is 4.26. The number of amides is 2. The molecule has 2 amide bonds. The van der Waals surface area contributed by atoms with E-state index in [0.717, 1.165) is 11.1 Å². The van der Waals surface area contributed by atoms with Gasteiger partial charge in [-0.05, 0) is 22.9 Å². The topological polar surface area (TPSA) is 154 Å². The Bertz CT molecular complexity index is 1210. The van der Waals surface area contributed by atoms with E-state index in [1.54, 1.807) is 24.3 Å².